The predicted octanol–water partition coefficient (Wildman–Crippen LogP) is 5.53. The van der Waals surface area contributed by atoms with Crippen molar-refractivity contribution in [2.45, 2.75) is 55.4 Å². The van der Waals surface area contributed by atoms with Crippen molar-refractivity contribution in [3.63, 3.8) is 0 Å². The molecule has 0 aliphatic heterocycles. The molecule has 0 radical (unpaired) electrons. The number of rotatable bonds is 3. The minimum atomic E-state index is 0.163. The highest BCUT2D eigenvalue weighted by Crippen LogP contribution is 2.34. The molecule has 0 aromatic rings. The van der Waals surface area contributed by atoms with Crippen molar-refractivity contribution in [1.29, 1.82) is 0 Å². The molecule has 0 atom stereocenters. The first-order chi connectivity index (χ1) is 7.00. The largest absolute Gasteiger partial charge is 0.0879 e. The van der Waals surface area contributed by atoms with Gasteiger partial charge < -0.3 is 0 Å². The lowest BCUT2D eigenvalue weighted by molar-refractivity contribution is 0.550. The summed E-state index contributed by atoms with van der Waals surface area (Å²) < 4.78 is 0. The Morgan fingerprint density at radius 2 is 1.40 bits per heavy atom. The van der Waals surface area contributed by atoms with E-state index in [1.54, 1.807) is 0 Å². The third kappa shape index (κ3) is 5.01. The van der Waals surface area contributed by atoms with E-state index in [1.165, 1.54) is 11.1 Å². The van der Waals surface area contributed by atoms with Crippen molar-refractivity contribution >= 4 is 0 Å². The first-order valence-electron chi connectivity index (χ1n) is 5.93. The van der Waals surface area contributed by atoms with Crippen LogP contribution in [0.25, 0.3) is 0 Å². The Morgan fingerprint density at radius 3 is 1.67 bits per heavy atom. The monoisotopic (exact) mass is 208 g/mol. The maximum Gasteiger partial charge on any atom is 0.00988 e. The lowest BCUT2D eigenvalue weighted by Gasteiger charge is -2.27. The summed E-state index contributed by atoms with van der Waals surface area (Å²) in [6.07, 6.45) is 8.66. The third-order valence-electron chi connectivity index (χ3n) is 2.80. The van der Waals surface area contributed by atoms with Gasteiger partial charge in [-0.25, -0.2) is 0 Å². The molecular formula is C15H28. The molecule has 15 heavy (non-hydrogen) atoms. The standard InChI is InChI=1S/C13H22.C2H6/c1-7-10-12(9-3)13(5,6)11(4)8-2;1-2/h7-10H,1-6H3;1-2H3/b10-7-,11-8+,12-9+;. The lowest BCUT2D eigenvalue weighted by atomic mass is 9.77. The molecule has 0 nitrogen and oxygen atoms in total. The SMILES string of the molecule is C/C=C\C(=C/C)C(C)(C)/C(C)=C/C.CC. The van der Waals surface area contributed by atoms with Gasteiger partial charge in [0.15, 0.2) is 0 Å². The molecule has 0 N–H and O–H groups in total. The Morgan fingerprint density at radius 1 is 0.933 bits per heavy atom. The Hall–Kier alpha value is -0.780. The van der Waals surface area contributed by atoms with Gasteiger partial charge in [-0.1, -0.05) is 57.6 Å². The van der Waals surface area contributed by atoms with Crippen LogP contribution in [0.5, 0.6) is 0 Å². The molecule has 0 unspecified atom stereocenters. The highest BCUT2D eigenvalue weighted by molar-refractivity contribution is 5.33. The van der Waals surface area contributed by atoms with Gasteiger partial charge in [-0.15, -0.1) is 0 Å². The summed E-state index contributed by atoms with van der Waals surface area (Å²) in [6.45, 7) is 17.0. The molecule has 0 amide bonds. The van der Waals surface area contributed by atoms with Gasteiger partial charge in [0.05, 0.1) is 0 Å². The molecule has 0 aromatic heterocycles. The second-order valence-electron chi connectivity index (χ2n) is 3.84. The first kappa shape index (κ1) is 16.6. The van der Waals surface area contributed by atoms with E-state index in [-0.39, 0.29) is 5.41 Å². The van der Waals surface area contributed by atoms with E-state index < -0.39 is 0 Å². The molecule has 0 heteroatoms. The zero-order valence-electron chi connectivity index (χ0n) is 11.8. The topological polar surface area (TPSA) is 0 Å². The fraction of sp³-hybridized carbons (Fsp3) is 0.600. The van der Waals surface area contributed by atoms with E-state index in [2.05, 4.69) is 65.8 Å². The minimum absolute atomic E-state index is 0.163. The van der Waals surface area contributed by atoms with Crippen LogP contribution in [0.3, 0.4) is 0 Å². The fourth-order valence-corrected chi connectivity index (χ4v) is 1.43. The Kier molecular flexibility index (Phi) is 9.46. The van der Waals surface area contributed by atoms with Crippen molar-refractivity contribution in [3.05, 3.63) is 35.5 Å². The van der Waals surface area contributed by atoms with Gasteiger partial charge in [0, 0.05) is 5.41 Å². The molecule has 0 saturated carbocycles. The molecule has 0 fully saturated rings. The van der Waals surface area contributed by atoms with Crippen molar-refractivity contribution < 1.29 is 0 Å². The van der Waals surface area contributed by atoms with Gasteiger partial charge in [0.2, 0.25) is 0 Å². The highest BCUT2D eigenvalue weighted by atomic mass is 14.3. The normalized spacial score (nSPS) is 13.9. The van der Waals surface area contributed by atoms with Crippen LogP contribution in [0.4, 0.5) is 0 Å². The number of hydrogen-bond donors (Lipinski definition) is 0. The summed E-state index contributed by atoms with van der Waals surface area (Å²) >= 11 is 0. The zero-order valence-corrected chi connectivity index (χ0v) is 11.8. The molecule has 0 aliphatic carbocycles. The summed E-state index contributed by atoms with van der Waals surface area (Å²) in [7, 11) is 0. The number of hydrogen-bond acceptors (Lipinski definition) is 0. The lowest BCUT2D eigenvalue weighted by Crippen LogP contribution is -2.15. The van der Waals surface area contributed by atoms with Crippen LogP contribution in [-0.2, 0) is 0 Å². The van der Waals surface area contributed by atoms with Crippen molar-refractivity contribution in [2.75, 3.05) is 0 Å². The van der Waals surface area contributed by atoms with Crippen LogP contribution in [0.2, 0.25) is 0 Å². The smallest absolute Gasteiger partial charge is 0.00988 e. The van der Waals surface area contributed by atoms with E-state index in [9.17, 15) is 0 Å². The molecule has 0 bridgehead atoms. The van der Waals surface area contributed by atoms with Gasteiger partial charge in [-0.3, -0.25) is 0 Å². The van der Waals surface area contributed by atoms with E-state index in [0.717, 1.165) is 0 Å². The Bertz CT molecular complexity index is 237. The molecule has 0 heterocycles. The average Bonchev–Trinajstić information content (AvgIpc) is 2.26. The van der Waals surface area contributed by atoms with Crippen LogP contribution >= 0.6 is 0 Å². The third-order valence-corrected chi connectivity index (χ3v) is 2.80. The zero-order chi connectivity index (χ0) is 12.5. The van der Waals surface area contributed by atoms with Gasteiger partial charge in [-0.2, -0.15) is 0 Å². The molecule has 0 spiro atoms. The second kappa shape index (κ2) is 8.52. The molecular weight excluding hydrogens is 180 g/mol. The first-order valence-corrected chi connectivity index (χ1v) is 5.93. The van der Waals surface area contributed by atoms with Gasteiger partial charge >= 0.3 is 0 Å². The summed E-state index contributed by atoms with van der Waals surface area (Å²) in [5.74, 6) is 0. The molecule has 0 rings (SSSR count). The summed E-state index contributed by atoms with van der Waals surface area (Å²) in [5.41, 5.74) is 2.96. The summed E-state index contributed by atoms with van der Waals surface area (Å²) in [4.78, 5) is 0. The molecule has 88 valence electrons. The van der Waals surface area contributed by atoms with E-state index in [4.69, 9.17) is 0 Å². The summed E-state index contributed by atoms with van der Waals surface area (Å²) in [5, 5.41) is 0. The minimum Gasteiger partial charge on any atom is -0.0879 e. The second-order valence-corrected chi connectivity index (χ2v) is 3.84. The van der Waals surface area contributed by atoms with Gasteiger partial charge in [-0.05, 0) is 33.3 Å². The average molecular weight is 208 g/mol. The van der Waals surface area contributed by atoms with Crippen molar-refractivity contribution in [2.24, 2.45) is 5.41 Å². The maximum atomic E-state index is 2.26. The molecule has 0 saturated heterocycles. The van der Waals surface area contributed by atoms with E-state index in [1.807, 2.05) is 13.8 Å². The van der Waals surface area contributed by atoms with E-state index in [0.29, 0.717) is 0 Å². The van der Waals surface area contributed by atoms with Crippen LogP contribution in [-0.4, -0.2) is 0 Å². The van der Waals surface area contributed by atoms with Crippen molar-refractivity contribution in [1.82, 2.24) is 0 Å². The van der Waals surface area contributed by atoms with Gasteiger partial charge in [0.25, 0.3) is 0 Å². The molecule has 0 aromatic carbocycles. The Labute approximate surface area is 96.8 Å². The molecule has 0 aliphatic rings. The fourth-order valence-electron chi connectivity index (χ4n) is 1.43. The maximum absolute atomic E-state index is 2.26. The van der Waals surface area contributed by atoms with E-state index >= 15 is 0 Å². The van der Waals surface area contributed by atoms with Crippen LogP contribution in [0.1, 0.15) is 55.4 Å². The highest BCUT2D eigenvalue weighted by Gasteiger charge is 2.21. The summed E-state index contributed by atoms with van der Waals surface area (Å²) in [6, 6.07) is 0. The van der Waals surface area contributed by atoms with Crippen LogP contribution in [0.15, 0.2) is 35.5 Å². The van der Waals surface area contributed by atoms with Crippen molar-refractivity contribution in [3.8, 4) is 0 Å². The quantitative estimate of drug-likeness (QED) is 0.423. The number of allylic oxidation sites excluding steroid dienone is 6. The van der Waals surface area contributed by atoms with Gasteiger partial charge in [0.1, 0.15) is 0 Å². The Balaban J connectivity index is 0. The predicted molar refractivity (Wildman–Crippen MR) is 73.1 cm³/mol. The van der Waals surface area contributed by atoms with Crippen LogP contribution < -0.4 is 0 Å². The van der Waals surface area contributed by atoms with Crippen LogP contribution in [0, 0.1) is 5.41 Å².